The van der Waals surface area contributed by atoms with Crippen molar-refractivity contribution in [3.05, 3.63) is 212 Å². The molecular formula is C57H35N5. The SMILES string of the molecule is c1ccc(-c2nc(-c3ccccc3)nc(-c3ccc4cc(-n5c6ccccc6c6cc7c8c9ccccc9ccc8n(-c8ccc9ccccc9c8)c7cc65)ccc4c3)n2)cc1. The molecule has 0 atom stereocenters. The first kappa shape index (κ1) is 34.5. The smallest absolute Gasteiger partial charge is 0.164 e. The number of nitrogens with zero attached hydrogens (tertiary/aromatic N) is 5. The van der Waals surface area contributed by atoms with E-state index in [1.54, 1.807) is 0 Å². The van der Waals surface area contributed by atoms with Gasteiger partial charge in [0.05, 0.1) is 22.1 Å². The maximum Gasteiger partial charge on any atom is 0.164 e. The highest BCUT2D eigenvalue weighted by Crippen LogP contribution is 2.42. The molecular weight excluding hydrogens is 755 g/mol. The van der Waals surface area contributed by atoms with Crippen LogP contribution in [0.1, 0.15) is 0 Å². The van der Waals surface area contributed by atoms with Gasteiger partial charge in [-0.3, -0.25) is 0 Å². The molecule has 0 bridgehead atoms. The summed E-state index contributed by atoms with van der Waals surface area (Å²) < 4.78 is 4.89. The highest BCUT2D eigenvalue weighted by atomic mass is 15.0. The lowest BCUT2D eigenvalue weighted by atomic mass is 10.0. The zero-order chi connectivity index (χ0) is 40.7. The monoisotopic (exact) mass is 789 g/mol. The topological polar surface area (TPSA) is 48.5 Å². The summed E-state index contributed by atoms with van der Waals surface area (Å²) in [5, 5.41) is 12.2. The Morgan fingerprint density at radius 2 is 0.758 bits per heavy atom. The second kappa shape index (κ2) is 13.6. The van der Waals surface area contributed by atoms with Crippen LogP contribution in [0.4, 0.5) is 0 Å². The first-order valence-corrected chi connectivity index (χ1v) is 21.0. The summed E-state index contributed by atoms with van der Waals surface area (Å²) >= 11 is 0. The van der Waals surface area contributed by atoms with E-state index in [1.807, 2.05) is 60.7 Å². The molecule has 5 nitrogen and oxygen atoms in total. The summed E-state index contributed by atoms with van der Waals surface area (Å²) in [4.78, 5) is 14.9. The van der Waals surface area contributed by atoms with Crippen LogP contribution in [0.2, 0.25) is 0 Å². The highest BCUT2D eigenvalue weighted by molar-refractivity contribution is 6.25. The van der Waals surface area contributed by atoms with Crippen molar-refractivity contribution in [2.75, 3.05) is 0 Å². The molecule has 10 aromatic carbocycles. The van der Waals surface area contributed by atoms with Crippen LogP contribution in [0.15, 0.2) is 212 Å². The van der Waals surface area contributed by atoms with E-state index in [4.69, 9.17) is 15.0 Å². The molecule has 62 heavy (non-hydrogen) atoms. The number of benzene rings is 10. The number of rotatable bonds is 5. The molecule has 0 saturated carbocycles. The lowest BCUT2D eigenvalue weighted by molar-refractivity contribution is 1.07. The second-order valence-corrected chi connectivity index (χ2v) is 16.1. The first-order chi connectivity index (χ1) is 30.7. The Bertz CT molecular complexity index is 3860. The van der Waals surface area contributed by atoms with E-state index in [9.17, 15) is 0 Å². The average molecular weight is 790 g/mol. The molecule has 0 amide bonds. The number of aromatic nitrogens is 5. The average Bonchev–Trinajstić information content (AvgIpc) is 3.85. The standard InChI is InChI=1S/C57H35N5/c1-3-15-38(16-4-1)55-58-56(39-17-5-2-6-18-39)60-57(59-55)43-24-23-42-33-44(29-26-41(42)31-43)61-50-22-12-11-21-47(50)48-34-49-53(35-52(48)61)62(45-28-25-36-13-7-8-19-40(36)32-45)51-30-27-37-14-9-10-20-46(37)54(49)51/h1-35H. The fourth-order valence-corrected chi connectivity index (χ4v) is 9.57. The minimum absolute atomic E-state index is 0.643. The Labute approximate surface area is 356 Å². The van der Waals surface area contributed by atoms with Gasteiger partial charge in [0.1, 0.15) is 0 Å². The molecule has 5 heteroatoms. The molecule has 3 heterocycles. The summed E-state index contributed by atoms with van der Waals surface area (Å²) in [6.45, 7) is 0. The highest BCUT2D eigenvalue weighted by Gasteiger charge is 2.21. The van der Waals surface area contributed by atoms with Crippen molar-refractivity contribution in [2.45, 2.75) is 0 Å². The van der Waals surface area contributed by atoms with Crippen LogP contribution >= 0.6 is 0 Å². The molecule has 3 aromatic heterocycles. The molecule has 13 aromatic rings. The van der Waals surface area contributed by atoms with E-state index < -0.39 is 0 Å². The number of fused-ring (bicyclic) bond motifs is 10. The molecule has 0 aliphatic carbocycles. The van der Waals surface area contributed by atoms with Gasteiger partial charge >= 0.3 is 0 Å². The van der Waals surface area contributed by atoms with Crippen molar-refractivity contribution in [1.82, 2.24) is 24.1 Å². The molecule has 288 valence electrons. The van der Waals surface area contributed by atoms with Crippen LogP contribution in [0.5, 0.6) is 0 Å². The fourth-order valence-electron chi connectivity index (χ4n) is 9.57. The van der Waals surface area contributed by atoms with Gasteiger partial charge in [0, 0.05) is 49.6 Å². The maximum absolute atomic E-state index is 5.01. The Morgan fingerprint density at radius 3 is 1.48 bits per heavy atom. The largest absolute Gasteiger partial charge is 0.309 e. The van der Waals surface area contributed by atoms with Crippen molar-refractivity contribution in [1.29, 1.82) is 0 Å². The van der Waals surface area contributed by atoms with Gasteiger partial charge in [-0.1, -0.05) is 158 Å². The van der Waals surface area contributed by atoms with Crippen molar-refractivity contribution in [3.63, 3.8) is 0 Å². The first-order valence-electron chi connectivity index (χ1n) is 21.0. The number of para-hydroxylation sites is 1. The third-order valence-corrected chi connectivity index (χ3v) is 12.5. The minimum atomic E-state index is 0.643. The van der Waals surface area contributed by atoms with Crippen molar-refractivity contribution >= 4 is 75.9 Å². The van der Waals surface area contributed by atoms with Gasteiger partial charge in [-0.05, 0) is 86.9 Å². The van der Waals surface area contributed by atoms with Crippen LogP contribution in [0.3, 0.4) is 0 Å². The van der Waals surface area contributed by atoms with Crippen molar-refractivity contribution < 1.29 is 0 Å². The van der Waals surface area contributed by atoms with Gasteiger partial charge in [0.15, 0.2) is 17.5 Å². The summed E-state index contributed by atoms with van der Waals surface area (Å²) in [6.07, 6.45) is 0. The summed E-state index contributed by atoms with van der Waals surface area (Å²) in [6, 6.07) is 75.9. The van der Waals surface area contributed by atoms with Crippen molar-refractivity contribution in [2.24, 2.45) is 0 Å². The second-order valence-electron chi connectivity index (χ2n) is 16.1. The molecule has 0 spiro atoms. The molecule has 0 aliphatic rings. The zero-order valence-corrected chi connectivity index (χ0v) is 33.4. The molecule has 0 radical (unpaired) electrons. The summed E-state index contributed by atoms with van der Waals surface area (Å²) in [7, 11) is 0. The predicted octanol–water partition coefficient (Wildman–Crippen LogP) is 14.5. The quantitative estimate of drug-likeness (QED) is 0.174. The van der Waals surface area contributed by atoms with Crippen LogP contribution in [-0.4, -0.2) is 24.1 Å². The van der Waals surface area contributed by atoms with Gasteiger partial charge < -0.3 is 9.13 Å². The third-order valence-electron chi connectivity index (χ3n) is 12.5. The Hall–Kier alpha value is -8.41. The third kappa shape index (κ3) is 5.38. The Morgan fingerprint density at radius 1 is 0.258 bits per heavy atom. The van der Waals surface area contributed by atoms with Crippen LogP contribution < -0.4 is 0 Å². The van der Waals surface area contributed by atoms with E-state index in [0.29, 0.717) is 17.5 Å². The van der Waals surface area contributed by atoms with E-state index in [-0.39, 0.29) is 0 Å². The summed E-state index contributed by atoms with van der Waals surface area (Å²) in [5.41, 5.74) is 9.80. The van der Waals surface area contributed by atoms with Gasteiger partial charge in [0.25, 0.3) is 0 Å². The van der Waals surface area contributed by atoms with E-state index in [2.05, 4.69) is 161 Å². The lowest BCUT2D eigenvalue weighted by Crippen LogP contribution is -2.00. The molecule has 0 saturated heterocycles. The van der Waals surface area contributed by atoms with E-state index in [1.165, 1.54) is 59.6 Å². The number of hydrogen-bond acceptors (Lipinski definition) is 3. The van der Waals surface area contributed by atoms with E-state index in [0.717, 1.165) is 44.4 Å². The van der Waals surface area contributed by atoms with Gasteiger partial charge in [0.2, 0.25) is 0 Å². The van der Waals surface area contributed by atoms with Gasteiger partial charge in [-0.15, -0.1) is 0 Å². The maximum atomic E-state index is 5.01. The fraction of sp³-hybridized carbons (Fsp3) is 0. The predicted molar refractivity (Wildman–Crippen MR) is 257 cm³/mol. The molecule has 0 N–H and O–H groups in total. The van der Waals surface area contributed by atoms with Gasteiger partial charge in [-0.2, -0.15) is 0 Å². The van der Waals surface area contributed by atoms with Crippen LogP contribution in [0, 0.1) is 0 Å². The number of hydrogen-bond donors (Lipinski definition) is 0. The Balaban J connectivity index is 1.01. The molecule has 0 aliphatic heterocycles. The summed E-state index contributed by atoms with van der Waals surface area (Å²) in [5.74, 6) is 1.95. The van der Waals surface area contributed by atoms with Crippen molar-refractivity contribution in [3.8, 4) is 45.5 Å². The molecule has 13 rings (SSSR count). The van der Waals surface area contributed by atoms with Crippen LogP contribution in [0.25, 0.3) is 121 Å². The Kier molecular flexibility index (Phi) is 7.54. The lowest BCUT2D eigenvalue weighted by Gasteiger charge is -2.12. The molecule has 0 fully saturated rings. The van der Waals surface area contributed by atoms with Gasteiger partial charge in [-0.25, -0.2) is 15.0 Å². The normalized spacial score (nSPS) is 11.9. The van der Waals surface area contributed by atoms with Crippen LogP contribution in [-0.2, 0) is 0 Å². The zero-order valence-electron chi connectivity index (χ0n) is 33.4. The van der Waals surface area contributed by atoms with E-state index >= 15 is 0 Å². The minimum Gasteiger partial charge on any atom is -0.309 e. The molecule has 0 unspecified atom stereocenters.